The normalized spacial score (nSPS) is 10.3. The van der Waals surface area contributed by atoms with Gasteiger partial charge in [0.1, 0.15) is 0 Å². The number of carbonyl (C=O) groups is 1. The van der Waals surface area contributed by atoms with E-state index in [0.29, 0.717) is 10.1 Å². The summed E-state index contributed by atoms with van der Waals surface area (Å²) in [7, 11) is 0. The quantitative estimate of drug-likeness (QED) is 0.826. The third-order valence-electron chi connectivity index (χ3n) is 2.22. The maximum atomic E-state index is 11.1. The summed E-state index contributed by atoms with van der Waals surface area (Å²) in [6.07, 6.45) is 1.38. The van der Waals surface area contributed by atoms with Crippen molar-refractivity contribution in [1.82, 2.24) is 9.97 Å². The van der Waals surface area contributed by atoms with Gasteiger partial charge in [0.2, 0.25) is 0 Å². The smallest absolute Gasteiger partial charge is 0.336 e. The molecule has 2 rings (SSSR count). The number of benzene rings is 1. The highest BCUT2D eigenvalue weighted by Crippen LogP contribution is 2.28. The predicted octanol–water partition coefficient (Wildman–Crippen LogP) is 1.93. The van der Waals surface area contributed by atoms with Crippen LogP contribution in [0.3, 0.4) is 0 Å². The summed E-state index contributed by atoms with van der Waals surface area (Å²) in [5.41, 5.74) is 0.800. The van der Waals surface area contributed by atoms with E-state index in [9.17, 15) is 9.59 Å². The Labute approximate surface area is 107 Å². The topological polar surface area (TPSA) is 83.0 Å². The molecule has 0 spiro atoms. The van der Waals surface area contributed by atoms with Crippen LogP contribution >= 0.6 is 11.8 Å². The van der Waals surface area contributed by atoms with Gasteiger partial charge in [0.25, 0.3) is 5.56 Å². The van der Waals surface area contributed by atoms with Crippen LogP contribution in [-0.4, -0.2) is 21.0 Å². The van der Waals surface area contributed by atoms with Gasteiger partial charge in [-0.25, -0.2) is 9.78 Å². The molecule has 0 saturated heterocycles. The van der Waals surface area contributed by atoms with E-state index in [4.69, 9.17) is 5.11 Å². The molecule has 1 heterocycles. The standard InChI is InChI=1S/C12H10N2O3S/c1-7-2-3-9(8(6-7)11(16)17)18-12-13-5-4-10(15)14-12/h2-6H,1H3,(H,16,17)(H,13,14,15). The fraction of sp³-hybridized carbons (Fsp3) is 0.0833. The third-order valence-corrected chi connectivity index (χ3v) is 3.20. The van der Waals surface area contributed by atoms with E-state index in [0.717, 1.165) is 17.3 Å². The molecule has 0 fully saturated rings. The number of aromatic carboxylic acids is 1. The maximum Gasteiger partial charge on any atom is 0.336 e. The number of aromatic amines is 1. The molecule has 0 bridgehead atoms. The van der Waals surface area contributed by atoms with E-state index in [1.807, 2.05) is 13.0 Å². The Bertz CT molecular complexity index is 652. The Balaban J connectivity index is 2.40. The molecule has 2 aromatic rings. The highest BCUT2D eigenvalue weighted by atomic mass is 32.2. The lowest BCUT2D eigenvalue weighted by Gasteiger charge is -2.05. The van der Waals surface area contributed by atoms with Gasteiger partial charge in [0.05, 0.1) is 5.56 Å². The minimum Gasteiger partial charge on any atom is -0.478 e. The average Bonchev–Trinajstić information content (AvgIpc) is 2.31. The number of hydrogen-bond acceptors (Lipinski definition) is 4. The van der Waals surface area contributed by atoms with Crippen LogP contribution in [-0.2, 0) is 0 Å². The third kappa shape index (κ3) is 2.78. The largest absolute Gasteiger partial charge is 0.478 e. The molecule has 0 amide bonds. The van der Waals surface area contributed by atoms with Gasteiger partial charge in [-0.05, 0) is 19.1 Å². The second-order valence-corrected chi connectivity index (χ2v) is 4.68. The molecule has 92 valence electrons. The molecule has 0 aliphatic heterocycles. The molecule has 0 unspecified atom stereocenters. The lowest BCUT2D eigenvalue weighted by molar-refractivity contribution is 0.0693. The lowest BCUT2D eigenvalue weighted by atomic mass is 10.1. The molecule has 18 heavy (non-hydrogen) atoms. The number of rotatable bonds is 3. The molecule has 1 aromatic heterocycles. The van der Waals surface area contributed by atoms with E-state index in [-0.39, 0.29) is 11.1 Å². The Kier molecular flexibility index (Phi) is 3.47. The maximum absolute atomic E-state index is 11.1. The number of nitrogens with one attached hydrogen (secondary N) is 1. The molecule has 5 nitrogen and oxygen atoms in total. The van der Waals surface area contributed by atoms with Gasteiger partial charge < -0.3 is 10.1 Å². The number of nitrogens with zero attached hydrogens (tertiary/aromatic N) is 1. The van der Waals surface area contributed by atoms with E-state index >= 15 is 0 Å². The Morgan fingerprint density at radius 3 is 2.83 bits per heavy atom. The number of carboxylic acid groups (broad SMARTS) is 1. The number of carboxylic acids is 1. The highest BCUT2D eigenvalue weighted by Gasteiger charge is 2.12. The summed E-state index contributed by atoms with van der Waals surface area (Å²) in [4.78, 5) is 29.3. The van der Waals surface area contributed by atoms with Crippen LogP contribution in [0.4, 0.5) is 0 Å². The van der Waals surface area contributed by atoms with Crippen LogP contribution in [0.5, 0.6) is 0 Å². The van der Waals surface area contributed by atoms with Gasteiger partial charge in [-0.2, -0.15) is 0 Å². The first-order valence-electron chi connectivity index (χ1n) is 5.13. The van der Waals surface area contributed by atoms with Gasteiger partial charge in [-0.3, -0.25) is 4.79 Å². The van der Waals surface area contributed by atoms with Crippen LogP contribution in [0.2, 0.25) is 0 Å². The zero-order valence-corrected chi connectivity index (χ0v) is 10.3. The summed E-state index contributed by atoms with van der Waals surface area (Å²) in [5.74, 6) is -1.00. The summed E-state index contributed by atoms with van der Waals surface area (Å²) < 4.78 is 0. The van der Waals surface area contributed by atoms with Crippen LogP contribution in [0.15, 0.2) is 45.3 Å². The molecule has 0 radical (unpaired) electrons. The number of aromatic nitrogens is 2. The second-order valence-electron chi connectivity index (χ2n) is 3.65. The first-order chi connectivity index (χ1) is 8.56. The van der Waals surface area contributed by atoms with E-state index in [2.05, 4.69) is 9.97 Å². The molecular weight excluding hydrogens is 252 g/mol. The van der Waals surface area contributed by atoms with Crippen molar-refractivity contribution in [3.63, 3.8) is 0 Å². The van der Waals surface area contributed by atoms with E-state index < -0.39 is 5.97 Å². The van der Waals surface area contributed by atoms with Crippen LogP contribution in [0, 0.1) is 6.92 Å². The van der Waals surface area contributed by atoms with Crippen molar-refractivity contribution in [3.05, 3.63) is 51.9 Å². The molecule has 2 N–H and O–H groups in total. The fourth-order valence-electron chi connectivity index (χ4n) is 1.41. The van der Waals surface area contributed by atoms with Crippen molar-refractivity contribution in [2.75, 3.05) is 0 Å². The molecule has 0 atom stereocenters. The van der Waals surface area contributed by atoms with Gasteiger partial charge in [-0.15, -0.1) is 0 Å². The van der Waals surface area contributed by atoms with Crippen LogP contribution < -0.4 is 5.56 Å². The average molecular weight is 262 g/mol. The number of aryl methyl sites for hydroxylation is 1. The first-order valence-corrected chi connectivity index (χ1v) is 5.95. The summed E-state index contributed by atoms with van der Waals surface area (Å²) >= 11 is 1.12. The van der Waals surface area contributed by atoms with Gasteiger partial charge >= 0.3 is 5.97 Å². The minimum atomic E-state index is -1.00. The molecular formula is C12H10N2O3S. The molecule has 0 aliphatic carbocycles. The summed E-state index contributed by atoms with van der Waals surface area (Å²) in [5, 5.41) is 9.49. The Morgan fingerprint density at radius 2 is 2.17 bits per heavy atom. The predicted molar refractivity (Wildman–Crippen MR) is 67.1 cm³/mol. The monoisotopic (exact) mass is 262 g/mol. The zero-order valence-electron chi connectivity index (χ0n) is 9.51. The summed E-state index contributed by atoms with van der Waals surface area (Å²) in [6.45, 7) is 1.82. The second kappa shape index (κ2) is 5.05. The first kappa shape index (κ1) is 12.4. The Morgan fingerprint density at radius 1 is 1.39 bits per heavy atom. The molecule has 6 heteroatoms. The van der Waals surface area contributed by atoms with Gasteiger partial charge in [0, 0.05) is 17.2 Å². The van der Waals surface area contributed by atoms with Crippen LogP contribution in [0.1, 0.15) is 15.9 Å². The molecule has 0 aliphatic rings. The van der Waals surface area contributed by atoms with Crippen molar-refractivity contribution in [2.24, 2.45) is 0 Å². The van der Waals surface area contributed by atoms with Crippen molar-refractivity contribution >= 4 is 17.7 Å². The SMILES string of the molecule is Cc1ccc(Sc2nccc(=O)[nH]2)c(C(=O)O)c1. The number of H-pyrrole nitrogens is 1. The van der Waals surface area contributed by atoms with Gasteiger partial charge in [-0.1, -0.05) is 23.4 Å². The van der Waals surface area contributed by atoms with E-state index in [1.54, 1.807) is 12.1 Å². The van der Waals surface area contributed by atoms with Crippen LogP contribution in [0.25, 0.3) is 0 Å². The van der Waals surface area contributed by atoms with E-state index in [1.165, 1.54) is 12.3 Å². The van der Waals surface area contributed by atoms with Crippen molar-refractivity contribution in [1.29, 1.82) is 0 Å². The highest BCUT2D eigenvalue weighted by molar-refractivity contribution is 7.99. The van der Waals surface area contributed by atoms with Crippen molar-refractivity contribution in [3.8, 4) is 0 Å². The van der Waals surface area contributed by atoms with Crippen molar-refractivity contribution in [2.45, 2.75) is 17.0 Å². The molecule has 1 aromatic carbocycles. The zero-order chi connectivity index (χ0) is 13.1. The Hall–Kier alpha value is -2.08. The number of hydrogen-bond donors (Lipinski definition) is 2. The minimum absolute atomic E-state index is 0.200. The molecule has 0 saturated carbocycles. The lowest BCUT2D eigenvalue weighted by Crippen LogP contribution is -2.06. The fourth-order valence-corrected chi connectivity index (χ4v) is 2.27. The van der Waals surface area contributed by atoms with Gasteiger partial charge in [0.15, 0.2) is 5.16 Å². The van der Waals surface area contributed by atoms with Crippen molar-refractivity contribution < 1.29 is 9.90 Å². The summed E-state index contributed by atoms with van der Waals surface area (Å²) in [6, 6.07) is 6.41.